The van der Waals surface area contributed by atoms with Crippen molar-refractivity contribution in [1.29, 1.82) is 0 Å². The zero-order valence-corrected chi connectivity index (χ0v) is 12.6. The Hall–Kier alpha value is -1.40. The first-order chi connectivity index (χ1) is 8.91. The smallest absolute Gasteiger partial charge is 0.246 e. The Labute approximate surface area is 120 Å². The van der Waals surface area contributed by atoms with Crippen molar-refractivity contribution < 1.29 is 9.59 Å². The molecule has 0 bridgehead atoms. The third-order valence-corrected chi connectivity index (χ3v) is 3.78. The molecular weight excluding hydrogens is 310 g/mol. The Kier molecular flexibility index (Phi) is 3.91. The second-order valence-electron chi connectivity index (χ2n) is 4.74. The van der Waals surface area contributed by atoms with Gasteiger partial charge in [-0.25, -0.2) is 0 Å². The van der Waals surface area contributed by atoms with E-state index >= 15 is 0 Å². The van der Waals surface area contributed by atoms with Crippen molar-refractivity contribution in [2.24, 2.45) is 0 Å². The van der Waals surface area contributed by atoms with E-state index in [1.165, 1.54) is 4.90 Å². The van der Waals surface area contributed by atoms with Gasteiger partial charge in [-0.2, -0.15) is 0 Å². The first-order valence-electron chi connectivity index (χ1n) is 5.98. The third-order valence-electron chi connectivity index (χ3n) is 3.09. The first kappa shape index (κ1) is 14.0. The molecule has 19 heavy (non-hydrogen) atoms. The van der Waals surface area contributed by atoms with Gasteiger partial charge in [-0.05, 0) is 19.1 Å². The highest BCUT2D eigenvalue weighted by Crippen LogP contribution is 2.36. The maximum absolute atomic E-state index is 12.0. The summed E-state index contributed by atoms with van der Waals surface area (Å²) in [5.41, 5.74) is 1.63. The van der Waals surface area contributed by atoms with E-state index in [4.69, 9.17) is 0 Å². The van der Waals surface area contributed by atoms with E-state index in [1.807, 2.05) is 18.2 Å². The molecule has 2 amide bonds. The summed E-state index contributed by atoms with van der Waals surface area (Å²) in [5, 5.41) is 5.88. The number of nitrogens with zero attached hydrogens (tertiary/aromatic N) is 1. The molecule has 0 fully saturated rings. The fourth-order valence-corrected chi connectivity index (χ4v) is 2.74. The minimum atomic E-state index is -0.510. The standard InChI is InChI=1S/C13H16BrN3O2/c1-7(13(19)17(2)3)15-11-10-8(14)5-4-6-9(10)16-12(11)18/h4-7,11,15H,1-3H3,(H,16,18). The summed E-state index contributed by atoms with van der Waals surface area (Å²) in [6.45, 7) is 1.75. The number of fused-ring (bicyclic) bond motifs is 1. The Bertz CT molecular complexity index is 531. The van der Waals surface area contributed by atoms with E-state index in [9.17, 15) is 9.59 Å². The molecule has 1 aromatic rings. The van der Waals surface area contributed by atoms with Gasteiger partial charge in [0.2, 0.25) is 11.8 Å². The summed E-state index contributed by atoms with van der Waals surface area (Å²) in [6, 6.07) is 4.65. The lowest BCUT2D eigenvalue weighted by Crippen LogP contribution is -2.44. The molecule has 2 unspecified atom stereocenters. The van der Waals surface area contributed by atoms with Crippen LogP contribution in [0.4, 0.5) is 5.69 Å². The monoisotopic (exact) mass is 325 g/mol. The predicted octanol–water partition coefficient (Wildman–Crippen LogP) is 1.51. The minimum Gasteiger partial charge on any atom is -0.347 e. The van der Waals surface area contributed by atoms with Gasteiger partial charge < -0.3 is 10.2 Å². The first-order valence-corrected chi connectivity index (χ1v) is 6.77. The molecule has 5 nitrogen and oxygen atoms in total. The van der Waals surface area contributed by atoms with Crippen molar-refractivity contribution in [2.75, 3.05) is 19.4 Å². The lowest BCUT2D eigenvalue weighted by atomic mass is 10.1. The van der Waals surface area contributed by atoms with Crippen molar-refractivity contribution in [2.45, 2.75) is 19.0 Å². The number of rotatable bonds is 3. The van der Waals surface area contributed by atoms with E-state index in [-0.39, 0.29) is 11.8 Å². The summed E-state index contributed by atoms with van der Waals surface area (Å²) in [4.78, 5) is 25.4. The van der Waals surface area contributed by atoms with E-state index < -0.39 is 12.1 Å². The lowest BCUT2D eigenvalue weighted by molar-refractivity contribution is -0.131. The molecule has 1 aromatic carbocycles. The molecule has 6 heteroatoms. The van der Waals surface area contributed by atoms with E-state index in [1.54, 1.807) is 21.0 Å². The molecule has 0 saturated carbocycles. The molecule has 2 N–H and O–H groups in total. The van der Waals surface area contributed by atoms with E-state index in [2.05, 4.69) is 26.6 Å². The average Bonchev–Trinajstić information content (AvgIpc) is 2.66. The number of carbonyl (C=O) groups excluding carboxylic acids is 2. The summed E-state index contributed by atoms with van der Waals surface area (Å²) >= 11 is 3.44. The predicted molar refractivity (Wildman–Crippen MR) is 76.8 cm³/mol. The van der Waals surface area contributed by atoms with Crippen LogP contribution in [-0.2, 0) is 9.59 Å². The maximum Gasteiger partial charge on any atom is 0.246 e. The number of hydrogen-bond donors (Lipinski definition) is 2. The zero-order chi connectivity index (χ0) is 14.2. The second-order valence-corrected chi connectivity index (χ2v) is 5.60. The van der Waals surface area contributed by atoms with Gasteiger partial charge in [-0.15, -0.1) is 0 Å². The SMILES string of the molecule is CC(NC1C(=O)Nc2cccc(Br)c21)C(=O)N(C)C. The number of carbonyl (C=O) groups is 2. The zero-order valence-electron chi connectivity index (χ0n) is 11.0. The van der Waals surface area contributed by atoms with Crippen LogP contribution >= 0.6 is 15.9 Å². The van der Waals surface area contributed by atoms with Gasteiger partial charge in [-0.1, -0.05) is 22.0 Å². The fraction of sp³-hybridized carbons (Fsp3) is 0.385. The Morgan fingerprint density at radius 2 is 2.16 bits per heavy atom. The molecule has 0 radical (unpaired) electrons. The maximum atomic E-state index is 12.0. The van der Waals surface area contributed by atoms with Crippen LogP contribution in [0.25, 0.3) is 0 Å². The second kappa shape index (κ2) is 5.30. The number of benzene rings is 1. The molecule has 1 heterocycles. The normalized spacial score (nSPS) is 18.7. The third kappa shape index (κ3) is 2.64. The lowest BCUT2D eigenvalue weighted by Gasteiger charge is -2.21. The molecule has 2 rings (SSSR count). The molecule has 2 atom stereocenters. The van der Waals surface area contributed by atoms with Crippen LogP contribution in [0.5, 0.6) is 0 Å². The average molecular weight is 326 g/mol. The number of halogens is 1. The highest BCUT2D eigenvalue weighted by molar-refractivity contribution is 9.10. The molecule has 0 saturated heterocycles. The number of hydrogen-bond acceptors (Lipinski definition) is 3. The van der Waals surface area contributed by atoms with Crippen LogP contribution in [0.15, 0.2) is 22.7 Å². The summed E-state index contributed by atoms with van der Waals surface area (Å²) in [7, 11) is 3.39. The van der Waals surface area contributed by atoms with Gasteiger partial charge in [0.15, 0.2) is 0 Å². The molecule has 102 valence electrons. The van der Waals surface area contributed by atoms with Gasteiger partial charge in [0.1, 0.15) is 6.04 Å². The van der Waals surface area contributed by atoms with Gasteiger partial charge in [0.05, 0.1) is 6.04 Å². The molecule has 1 aliphatic rings. The number of anilines is 1. The highest BCUT2D eigenvalue weighted by atomic mass is 79.9. The van der Waals surface area contributed by atoms with Crippen molar-refractivity contribution in [3.63, 3.8) is 0 Å². The van der Waals surface area contributed by atoms with Gasteiger partial charge in [0, 0.05) is 29.8 Å². The van der Waals surface area contributed by atoms with Gasteiger partial charge in [0.25, 0.3) is 0 Å². The van der Waals surface area contributed by atoms with Crippen molar-refractivity contribution in [3.05, 3.63) is 28.2 Å². The largest absolute Gasteiger partial charge is 0.347 e. The highest BCUT2D eigenvalue weighted by Gasteiger charge is 2.34. The molecule has 0 aliphatic carbocycles. The number of nitrogens with one attached hydrogen (secondary N) is 2. The van der Waals surface area contributed by atoms with E-state index in [0.717, 1.165) is 15.7 Å². The Balaban J connectivity index is 2.23. The minimum absolute atomic E-state index is 0.0618. The Morgan fingerprint density at radius 3 is 2.79 bits per heavy atom. The van der Waals surface area contributed by atoms with Crippen LogP contribution in [0, 0.1) is 0 Å². The summed E-state index contributed by atoms with van der Waals surface area (Å²) in [6.07, 6.45) is 0. The number of amides is 2. The molecule has 1 aliphatic heterocycles. The van der Waals surface area contributed by atoms with Crippen LogP contribution in [-0.4, -0.2) is 36.9 Å². The van der Waals surface area contributed by atoms with E-state index in [0.29, 0.717) is 0 Å². The number of likely N-dealkylation sites (N-methyl/N-ethyl adjacent to an activating group) is 1. The van der Waals surface area contributed by atoms with Crippen molar-refractivity contribution in [3.8, 4) is 0 Å². The Morgan fingerprint density at radius 1 is 1.47 bits per heavy atom. The van der Waals surface area contributed by atoms with Crippen molar-refractivity contribution in [1.82, 2.24) is 10.2 Å². The fourth-order valence-electron chi connectivity index (χ4n) is 2.14. The molecular formula is C13H16BrN3O2. The summed E-state index contributed by atoms with van der Waals surface area (Å²) < 4.78 is 0.852. The molecule has 0 spiro atoms. The van der Waals surface area contributed by atoms with Gasteiger partial charge >= 0.3 is 0 Å². The van der Waals surface area contributed by atoms with Gasteiger partial charge in [-0.3, -0.25) is 14.9 Å². The quantitative estimate of drug-likeness (QED) is 0.885. The van der Waals surface area contributed by atoms with Crippen LogP contribution in [0.2, 0.25) is 0 Å². The topological polar surface area (TPSA) is 61.4 Å². The van der Waals surface area contributed by atoms with Crippen LogP contribution in [0.1, 0.15) is 18.5 Å². The van der Waals surface area contributed by atoms with Crippen LogP contribution < -0.4 is 10.6 Å². The van der Waals surface area contributed by atoms with Crippen LogP contribution in [0.3, 0.4) is 0 Å². The van der Waals surface area contributed by atoms with Crippen molar-refractivity contribution >= 4 is 33.4 Å². The summed E-state index contributed by atoms with van der Waals surface area (Å²) in [5.74, 6) is -0.200. The molecule has 0 aromatic heterocycles.